The van der Waals surface area contributed by atoms with Crippen molar-refractivity contribution in [1.82, 2.24) is 30.3 Å². The number of hydrogen-bond acceptors (Lipinski definition) is 5. The molecule has 2 aromatic heterocycles. The molecule has 0 spiro atoms. The van der Waals surface area contributed by atoms with Crippen molar-refractivity contribution in [2.75, 3.05) is 19.6 Å². The number of carbonyl (C=O) groups is 1. The second kappa shape index (κ2) is 7.76. The van der Waals surface area contributed by atoms with E-state index in [1.807, 2.05) is 18.5 Å². The molecule has 8 heteroatoms. The van der Waals surface area contributed by atoms with Gasteiger partial charge in [-0.2, -0.15) is 0 Å². The molecule has 7 nitrogen and oxygen atoms in total. The van der Waals surface area contributed by atoms with E-state index in [4.69, 9.17) is 0 Å². The summed E-state index contributed by atoms with van der Waals surface area (Å²) in [5, 5.41) is 15.9. The van der Waals surface area contributed by atoms with Crippen molar-refractivity contribution in [2.45, 2.75) is 31.8 Å². The highest BCUT2D eigenvalue weighted by Gasteiger charge is 2.25. The van der Waals surface area contributed by atoms with Crippen LogP contribution in [-0.2, 0) is 7.05 Å². The zero-order chi connectivity index (χ0) is 16.9. The fourth-order valence-electron chi connectivity index (χ4n) is 3.13. The molecule has 1 saturated heterocycles. The van der Waals surface area contributed by atoms with Crippen LogP contribution in [0.3, 0.4) is 0 Å². The van der Waals surface area contributed by atoms with Crippen LogP contribution in [0.4, 0.5) is 4.79 Å². The summed E-state index contributed by atoms with van der Waals surface area (Å²) in [7, 11) is 1.87. The van der Waals surface area contributed by atoms with Gasteiger partial charge in [-0.1, -0.05) is 6.07 Å². The smallest absolute Gasteiger partial charge is 0.315 e. The van der Waals surface area contributed by atoms with E-state index >= 15 is 0 Å². The maximum Gasteiger partial charge on any atom is 0.315 e. The normalized spacial score (nSPS) is 17.6. The van der Waals surface area contributed by atoms with Crippen LogP contribution < -0.4 is 10.6 Å². The molecule has 0 aliphatic carbocycles. The van der Waals surface area contributed by atoms with Gasteiger partial charge in [0, 0.05) is 18.5 Å². The number of urea groups is 1. The third-order valence-electron chi connectivity index (χ3n) is 4.39. The Balaban J connectivity index is 1.56. The van der Waals surface area contributed by atoms with E-state index in [1.54, 1.807) is 17.7 Å². The summed E-state index contributed by atoms with van der Waals surface area (Å²) in [5.74, 6) is 0.736. The van der Waals surface area contributed by atoms with Gasteiger partial charge in [0.05, 0.1) is 12.1 Å². The van der Waals surface area contributed by atoms with Gasteiger partial charge in [-0.3, -0.25) is 4.90 Å². The van der Waals surface area contributed by atoms with E-state index in [1.165, 1.54) is 17.7 Å². The minimum Gasteiger partial charge on any atom is -0.336 e. The van der Waals surface area contributed by atoms with Crippen LogP contribution in [0.5, 0.6) is 0 Å². The quantitative estimate of drug-likeness (QED) is 0.838. The van der Waals surface area contributed by atoms with Crippen LogP contribution in [0.1, 0.15) is 42.6 Å². The predicted octanol–water partition coefficient (Wildman–Crippen LogP) is 2.07. The Labute approximate surface area is 146 Å². The molecule has 1 aliphatic heterocycles. The Morgan fingerprint density at radius 1 is 1.42 bits per heavy atom. The van der Waals surface area contributed by atoms with Crippen LogP contribution in [0, 0.1) is 0 Å². The molecule has 130 valence electrons. The molecule has 3 heterocycles. The summed E-state index contributed by atoms with van der Waals surface area (Å²) < 4.78 is 1.81. The van der Waals surface area contributed by atoms with Crippen molar-refractivity contribution < 1.29 is 4.79 Å². The number of amides is 2. The van der Waals surface area contributed by atoms with E-state index < -0.39 is 0 Å². The van der Waals surface area contributed by atoms with Crippen LogP contribution in [-0.4, -0.2) is 45.3 Å². The van der Waals surface area contributed by atoms with Gasteiger partial charge in [0.15, 0.2) is 5.82 Å². The number of aromatic nitrogens is 3. The Morgan fingerprint density at radius 2 is 2.21 bits per heavy atom. The van der Waals surface area contributed by atoms with Crippen molar-refractivity contribution in [2.24, 2.45) is 7.05 Å². The molecule has 2 N–H and O–H groups in total. The van der Waals surface area contributed by atoms with Crippen molar-refractivity contribution in [3.8, 4) is 0 Å². The molecular formula is C16H24N6OS. The topological polar surface area (TPSA) is 75.1 Å². The summed E-state index contributed by atoms with van der Waals surface area (Å²) >= 11 is 1.75. The van der Waals surface area contributed by atoms with Crippen molar-refractivity contribution in [3.63, 3.8) is 0 Å². The first-order valence-corrected chi connectivity index (χ1v) is 9.19. The first-order valence-electron chi connectivity index (χ1n) is 8.31. The van der Waals surface area contributed by atoms with Gasteiger partial charge in [0.2, 0.25) is 0 Å². The first kappa shape index (κ1) is 16.9. The Hall–Kier alpha value is -1.93. The van der Waals surface area contributed by atoms with Crippen molar-refractivity contribution in [3.05, 3.63) is 34.5 Å². The average Bonchev–Trinajstić information content (AvgIpc) is 3.29. The van der Waals surface area contributed by atoms with Crippen LogP contribution in [0.25, 0.3) is 0 Å². The Morgan fingerprint density at radius 3 is 2.83 bits per heavy atom. The monoisotopic (exact) mass is 348 g/mol. The number of nitrogens with zero attached hydrogens (tertiary/aromatic N) is 4. The number of hydrogen-bond donors (Lipinski definition) is 2. The summed E-state index contributed by atoms with van der Waals surface area (Å²) in [6, 6.07) is 4.11. The predicted molar refractivity (Wildman–Crippen MR) is 93.8 cm³/mol. The molecule has 2 aromatic rings. The lowest BCUT2D eigenvalue weighted by Gasteiger charge is -2.27. The van der Waals surface area contributed by atoms with Gasteiger partial charge in [0.1, 0.15) is 6.33 Å². The van der Waals surface area contributed by atoms with Gasteiger partial charge in [0.25, 0.3) is 0 Å². The van der Waals surface area contributed by atoms with E-state index in [9.17, 15) is 4.79 Å². The Kier molecular flexibility index (Phi) is 5.47. The minimum atomic E-state index is -0.190. The zero-order valence-electron chi connectivity index (χ0n) is 14.1. The number of rotatable bonds is 6. The molecule has 0 radical (unpaired) electrons. The lowest BCUT2D eigenvalue weighted by molar-refractivity contribution is 0.220. The number of carbonyl (C=O) groups excluding carboxylic acids is 1. The largest absolute Gasteiger partial charge is 0.336 e. The second-order valence-corrected chi connectivity index (χ2v) is 7.13. The van der Waals surface area contributed by atoms with E-state index in [0.29, 0.717) is 6.54 Å². The molecule has 0 aromatic carbocycles. The highest BCUT2D eigenvalue weighted by Crippen LogP contribution is 2.27. The summed E-state index contributed by atoms with van der Waals surface area (Å²) in [5.41, 5.74) is 0. The Bertz CT molecular complexity index is 649. The van der Waals surface area contributed by atoms with Crippen LogP contribution in [0.15, 0.2) is 23.8 Å². The number of likely N-dealkylation sites (tertiary alicyclic amines) is 1. The number of aryl methyl sites for hydroxylation is 1. The van der Waals surface area contributed by atoms with E-state index in [-0.39, 0.29) is 18.1 Å². The molecule has 1 fully saturated rings. The molecule has 0 bridgehead atoms. The van der Waals surface area contributed by atoms with Gasteiger partial charge in [-0.15, -0.1) is 21.5 Å². The molecule has 2 atom stereocenters. The van der Waals surface area contributed by atoms with Gasteiger partial charge in [-0.25, -0.2) is 4.79 Å². The van der Waals surface area contributed by atoms with Gasteiger partial charge in [-0.05, 0) is 44.3 Å². The standard InChI is InChI=1S/C16H24N6OS/c1-12(15-20-18-11-21(15)2)19-16(23)17-10-13(14-6-5-9-24-14)22-7-3-4-8-22/h5-6,9,11-13H,3-4,7-8,10H2,1-2H3,(H2,17,19,23)/t12-,13+/m0/s1. The van der Waals surface area contributed by atoms with Crippen molar-refractivity contribution in [1.29, 1.82) is 0 Å². The molecule has 2 amide bonds. The molecule has 3 rings (SSSR count). The third-order valence-corrected chi connectivity index (χ3v) is 5.36. The molecule has 0 saturated carbocycles. The molecule has 24 heavy (non-hydrogen) atoms. The molecule has 1 aliphatic rings. The summed E-state index contributed by atoms with van der Waals surface area (Å²) in [6.07, 6.45) is 4.10. The number of thiophene rings is 1. The SMILES string of the molecule is C[C@H](NC(=O)NC[C@H](c1cccs1)N1CCCC1)c1nncn1C. The fourth-order valence-corrected chi connectivity index (χ4v) is 3.99. The maximum absolute atomic E-state index is 12.3. The lowest BCUT2D eigenvalue weighted by Crippen LogP contribution is -2.42. The molecule has 0 unspecified atom stereocenters. The first-order chi connectivity index (χ1) is 11.6. The maximum atomic E-state index is 12.3. The van der Waals surface area contributed by atoms with Gasteiger partial charge >= 0.3 is 6.03 Å². The summed E-state index contributed by atoms with van der Waals surface area (Å²) in [6.45, 7) is 4.71. The van der Waals surface area contributed by atoms with Crippen molar-refractivity contribution >= 4 is 17.4 Å². The zero-order valence-corrected chi connectivity index (χ0v) is 14.9. The van der Waals surface area contributed by atoms with Gasteiger partial charge < -0.3 is 15.2 Å². The highest BCUT2D eigenvalue weighted by atomic mass is 32.1. The lowest BCUT2D eigenvalue weighted by atomic mass is 10.2. The fraction of sp³-hybridized carbons (Fsp3) is 0.562. The van der Waals surface area contributed by atoms with E-state index in [2.05, 4.69) is 43.2 Å². The second-order valence-electron chi connectivity index (χ2n) is 6.15. The minimum absolute atomic E-state index is 0.175. The van der Waals surface area contributed by atoms with E-state index in [0.717, 1.165) is 18.9 Å². The number of nitrogens with one attached hydrogen (secondary N) is 2. The summed E-state index contributed by atoms with van der Waals surface area (Å²) in [4.78, 5) is 16.0. The highest BCUT2D eigenvalue weighted by molar-refractivity contribution is 7.10. The third kappa shape index (κ3) is 3.93. The average molecular weight is 348 g/mol. The molecular weight excluding hydrogens is 324 g/mol. The van der Waals surface area contributed by atoms with Crippen LogP contribution >= 0.6 is 11.3 Å². The van der Waals surface area contributed by atoms with Crippen LogP contribution in [0.2, 0.25) is 0 Å².